The second-order valence-corrected chi connectivity index (χ2v) is 6.31. The summed E-state index contributed by atoms with van der Waals surface area (Å²) in [5, 5.41) is 0.922. The van der Waals surface area contributed by atoms with Gasteiger partial charge in [-0.1, -0.05) is 36.4 Å². The van der Waals surface area contributed by atoms with Gasteiger partial charge in [-0.25, -0.2) is 0 Å². The van der Waals surface area contributed by atoms with Crippen LogP contribution in [-0.2, 0) is 20.8 Å². The summed E-state index contributed by atoms with van der Waals surface area (Å²) in [5.41, 5.74) is 3.06. The van der Waals surface area contributed by atoms with Crippen molar-refractivity contribution >= 4 is 16.9 Å². The predicted octanol–water partition coefficient (Wildman–Crippen LogP) is 3.99. The molecule has 1 heterocycles. The molecule has 2 aromatic carbocycles. The molecule has 0 fully saturated rings. The average molecular weight is 367 g/mol. The van der Waals surface area contributed by atoms with Gasteiger partial charge in [-0.05, 0) is 30.2 Å². The molecule has 0 bridgehead atoms. The maximum absolute atomic E-state index is 12.6. The van der Waals surface area contributed by atoms with Crippen molar-refractivity contribution in [1.82, 2.24) is 4.57 Å². The predicted molar refractivity (Wildman–Crippen MR) is 105 cm³/mol. The Morgan fingerprint density at radius 1 is 1.07 bits per heavy atom. The Morgan fingerprint density at radius 3 is 2.52 bits per heavy atom. The Morgan fingerprint density at radius 2 is 1.85 bits per heavy atom. The largest absolute Gasteiger partial charge is 0.496 e. The van der Waals surface area contributed by atoms with E-state index in [9.17, 15) is 4.79 Å². The number of hydrogen-bond acceptors (Lipinski definition) is 4. The molecule has 0 aliphatic heterocycles. The fourth-order valence-corrected chi connectivity index (χ4v) is 3.39. The van der Waals surface area contributed by atoms with Crippen LogP contribution >= 0.6 is 0 Å². The highest BCUT2D eigenvalue weighted by Crippen LogP contribution is 2.36. The number of carbonyl (C=O) groups excluding carboxylic acids is 1. The van der Waals surface area contributed by atoms with Crippen molar-refractivity contribution in [1.29, 1.82) is 0 Å². The van der Waals surface area contributed by atoms with Crippen LogP contribution in [0.15, 0.2) is 54.7 Å². The van der Waals surface area contributed by atoms with Gasteiger partial charge < -0.3 is 18.8 Å². The number of nitrogens with zero attached hydrogens (tertiary/aromatic N) is 1. The molecule has 5 heteroatoms. The molecule has 3 rings (SSSR count). The van der Waals surface area contributed by atoms with E-state index < -0.39 is 5.92 Å². The van der Waals surface area contributed by atoms with Gasteiger partial charge in [0.15, 0.2) is 0 Å². The molecular weight excluding hydrogens is 342 g/mol. The van der Waals surface area contributed by atoms with Crippen LogP contribution in [0.3, 0.4) is 0 Å². The Balaban J connectivity index is 2.14. The first kappa shape index (κ1) is 19.0. The van der Waals surface area contributed by atoms with Gasteiger partial charge in [0.2, 0.25) is 0 Å². The molecule has 1 aromatic heterocycles. The first-order valence-corrected chi connectivity index (χ1v) is 9.04. The van der Waals surface area contributed by atoms with Crippen LogP contribution in [0.5, 0.6) is 5.75 Å². The molecule has 0 radical (unpaired) electrons. The summed E-state index contributed by atoms with van der Waals surface area (Å²) in [5.74, 6) is -0.0606. The van der Waals surface area contributed by atoms with Gasteiger partial charge in [-0.15, -0.1) is 0 Å². The minimum atomic E-state index is -0.509. The SMILES string of the molecule is CCOC(=O)C(COC)c1cn(Cc2ccccc2)c2cccc(OC)c12. The van der Waals surface area contributed by atoms with Crippen molar-refractivity contribution < 1.29 is 19.0 Å². The number of rotatable bonds is 8. The maximum atomic E-state index is 12.6. The summed E-state index contributed by atoms with van der Waals surface area (Å²) in [6, 6.07) is 16.1. The van der Waals surface area contributed by atoms with E-state index in [0.29, 0.717) is 13.2 Å². The molecule has 0 aliphatic carbocycles. The smallest absolute Gasteiger partial charge is 0.315 e. The molecule has 27 heavy (non-hydrogen) atoms. The number of methoxy groups -OCH3 is 2. The molecule has 1 atom stereocenters. The monoisotopic (exact) mass is 367 g/mol. The Kier molecular flexibility index (Phi) is 6.14. The van der Waals surface area contributed by atoms with E-state index in [1.807, 2.05) is 42.6 Å². The highest BCUT2D eigenvalue weighted by atomic mass is 16.5. The van der Waals surface area contributed by atoms with Crippen LogP contribution in [0.4, 0.5) is 0 Å². The van der Waals surface area contributed by atoms with Gasteiger partial charge in [0.05, 0.1) is 25.8 Å². The third-order valence-electron chi connectivity index (χ3n) is 4.59. The van der Waals surface area contributed by atoms with Gasteiger partial charge >= 0.3 is 5.97 Å². The fourth-order valence-electron chi connectivity index (χ4n) is 3.39. The quantitative estimate of drug-likeness (QED) is 0.565. The number of aromatic nitrogens is 1. The topological polar surface area (TPSA) is 49.7 Å². The molecule has 0 aliphatic rings. The zero-order valence-corrected chi connectivity index (χ0v) is 16.0. The summed E-state index contributed by atoms with van der Waals surface area (Å²) in [7, 11) is 3.23. The van der Waals surface area contributed by atoms with Gasteiger partial charge in [0.25, 0.3) is 0 Å². The van der Waals surface area contributed by atoms with Crippen LogP contribution in [0.1, 0.15) is 24.0 Å². The van der Waals surface area contributed by atoms with E-state index in [1.165, 1.54) is 5.56 Å². The summed E-state index contributed by atoms with van der Waals surface area (Å²) >= 11 is 0. The van der Waals surface area contributed by atoms with Crippen LogP contribution in [0.2, 0.25) is 0 Å². The number of hydrogen-bond donors (Lipinski definition) is 0. The fraction of sp³-hybridized carbons (Fsp3) is 0.318. The Hall–Kier alpha value is -2.79. The van der Waals surface area contributed by atoms with Crippen molar-refractivity contribution in [2.24, 2.45) is 0 Å². The second-order valence-electron chi connectivity index (χ2n) is 6.31. The van der Waals surface area contributed by atoms with E-state index in [4.69, 9.17) is 14.2 Å². The van der Waals surface area contributed by atoms with Gasteiger partial charge in [-0.2, -0.15) is 0 Å². The number of fused-ring (bicyclic) bond motifs is 1. The molecule has 142 valence electrons. The van der Waals surface area contributed by atoms with E-state index >= 15 is 0 Å². The van der Waals surface area contributed by atoms with Crippen LogP contribution in [0.25, 0.3) is 10.9 Å². The van der Waals surface area contributed by atoms with E-state index in [0.717, 1.165) is 22.2 Å². The summed E-state index contributed by atoms with van der Waals surface area (Å²) in [4.78, 5) is 12.6. The normalized spacial score (nSPS) is 12.1. The van der Waals surface area contributed by atoms with Crippen molar-refractivity contribution in [2.45, 2.75) is 19.4 Å². The molecule has 0 saturated heterocycles. The molecule has 1 unspecified atom stereocenters. The maximum Gasteiger partial charge on any atom is 0.315 e. The molecule has 0 saturated carbocycles. The zero-order valence-electron chi connectivity index (χ0n) is 16.0. The second kappa shape index (κ2) is 8.73. The third-order valence-corrected chi connectivity index (χ3v) is 4.59. The minimum absolute atomic E-state index is 0.251. The van der Waals surface area contributed by atoms with Crippen molar-refractivity contribution in [3.63, 3.8) is 0 Å². The van der Waals surface area contributed by atoms with E-state index in [2.05, 4.69) is 16.7 Å². The first-order chi connectivity index (χ1) is 13.2. The van der Waals surface area contributed by atoms with Gasteiger partial charge in [0, 0.05) is 25.2 Å². The summed E-state index contributed by atoms with van der Waals surface area (Å²) < 4.78 is 18.4. The number of ether oxygens (including phenoxy) is 3. The Bertz CT molecular complexity index is 901. The molecule has 5 nitrogen and oxygen atoms in total. The third kappa shape index (κ3) is 3.98. The zero-order chi connectivity index (χ0) is 19.2. The molecular formula is C22H25NO4. The first-order valence-electron chi connectivity index (χ1n) is 9.04. The minimum Gasteiger partial charge on any atom is -0.496 e. The molecule has 3 aromatic rings. The van der Waals surface area contributed by atoms with Crippen LogP contribution in [0, 0.1) is 0 Å². The lowest BCUT2D eigenvalue weighted by Crippen LogP contribution is -2.20. The highest BCUT2D eigenvalue weighted by molar-refractivity contribution is 5.94. The standard InChI is InChI=1S/C22H25NO4/c1-4-27-22(24)18(15-25-2)17-14-23(13-16-9-6-5-7-10-16)19-11-8-12-20(26-3)21(17)19/h5-12,14,18H,4,13,15H2,1-3H3. The summed E-state index contributed by atoms with van der Waals surface area (Å²) in [6.45, 7) is 3.09. The van der Waals surface area contributed by atoms with Crippen molar-refractivity contribution in [3.05, 3.63) is 65.9 Å². The number of carbonyl (C=O) groups is 1. The molecule has 0 amide bonds. The number of esters is 1. The average Bonchev–Trinajstić information content (AvgIpc) is 3.05. The molecule has 0 spiro atoms. The molecule has 0 N–H and O–H groups in total. The van der Waals surface area contributed by atoms with E-state index in [1.54, 1.807) is 21.1 Å². The van der Waals surface area contributed by atoms with Gasteiger partial charge in [-0.3, -0.25) is 4.79 Å². The van der Waals surface area contributed by atoms with Crippen molar-refractivity contribution in [3.8, 4) is 5.75 Å². The van der Waals surface area contributed by atoms with Crippen LogP contribution < -0.4 is 4.74 Å². The van der Waals surface area contributed by atoms with Crippen molar-refractivity contribution in [2.75, 3.05) is 27.4 Å². The summed E-state index contributed by atoms with van der Waals surface area (Å²) in [6.07, 6.45) is 2.01. The van der Waals surface area contributed by atoms with E-state index in [-0.39, 0.29) is 12.6 Å². The lowest BCUT2D eigenvalue weighted by atomic mass is 9.99. The van der Waals surface area contributed by atoms with Gasteiger partial charge in [0.1, 0.15) is 11.7 Å². The van der Waals surface area contributed by atoms with Crippen LogP contribution in [-0.4, -0.2) is 38.0 Å². The number of benzene rings is 2. The Labute approximate surface area is 159 Å². The lowest BCUT2D eigenvalue weighted by molar-refractivity contribution is -0.146. The lowest BCUT2D eigenvalue weighted by Gasteiger charge is -2.15. The highest BCUT2D eigenvalue weighted by Gasteiger charge is 2.27.